The van der Waals surface area contributed by atoms with Gasteiger partial charge in [0.2, 0.25) is 5.91 Å². The Balaban J connectivity index is 1.36. The van der Waals surface area contributed by atoms with Crippen molar-refractivity contribution < 1.29 is 9.59 Å². The molecule has 1 aliphatic heterocycles. The van der Waals surface area contributed by atoms with Gasteiger partial charge in [0.25, 0.3) is 5.91 Å². The summed E-state index contributed by atoms with van der Waals surface area (Å²) in [7, 11) is 0. The van der Waals surface area contributed by atoms with Gasteiger partial charge in [-0.2, -0.15) is 0 Å². The minimum absolute atomic E-state index is 0.0357. The van der Waals surface area contributed by atoms with E-state index >= 15 is 0 Å². The summed E-state index contributed by atoms with van der Waals surface area (Å²) >= 11 is 0. The van der Waals surface area contributed by atoms with Gasteiger partial charge >= 0.3 is 0 Å². The number of nitrogens with zero attached hydrogens (tertiary/aromatic N) is 4. The Kier molecular flexibility index (Phi) is 4.92. The van der Waals surface area contributed by atoms with Crippen LogP contribution in [0, 0.1) is 0 Å². The molecule has 1 aromatic carbocycles. The number of aromatic nitrogens is 3. The smallest absolute Gasteiger partial charge is 0.255 e. The highest BCUT2D eigenvalue weighted by Gasteiger charge is 2.36. The Morgan fingerprint density at radius 2 is 1.89 bits per heavy atom. The first-order valence-corrected chi connectivity index (χ1v) is 9.70. The van der Waals surface area contributed by atoms with Gasteiger partial charge in [-0.15, -0.1) is 10.2 Å². The highest BCUT2D eigenvalue weighted by molar-refractivity contribution is 6.01. The van der Waals surface area contributed by atoms with Crippen LogP contribution in [-0.4, -0.2) is 43.6 Å². The SMILES string of the molecule is CCC(C(=O)NC1CCC(n2cnnc2)CC1)N1Cc2ccccc2C1=O. The minimum Gasteiger partial charge on any atom is -0.352 e. The van der Waals surface area contributed by atoms with Gasteiger partial charge < -0.3 is 14.8 Å². The zero-order valence-corrected chi connectivity index (χ0v) is 15.5. The van der Waals surface area contributed by atoms with E-state index in [0.29, 0.717) is 19.0 Å². The van der Waals surface area contributed by atoms with Gasteiger partial charge in [0.15, 0.2) is 0 Å². The van der Waals surface area contributed by atoms with Crippen LogP contribution in [-0.2, 0) is 11.3 Å². The number of fused-ring (bicyclic) bond motifs is 1. The van der Waals surface area contributed by atoms with Gasteiger partial charge in [-0.1, -0.05) is 25.1 Å². The van der Waals surface area contributed by atoms with Gasteiger partial charge in [0.1, 0.15) is 18.7 Å². The van der Waals surface area contributed by atoms with Crippen LogP contribution >= 0.6 is 0 Å². The number of amides is 2. The minimum atomic E-state index is -0.416. The molecule has 0 radical (unpaired) electrons. The monoisotopic (exact) mass is 367 g/mol. The van der Waals surface area contributed by atoms with Crippen molar-refractivity contribution in [3.63, 3.8) is 0 Å². The molecule has 0 saturated heterocycles. The van der Waals surface area contributed by atoms with Crippen molar-refractivity contribution in [1.29, 1.82) is 0 Å². The van der Waals surface area contributed by atoms with Gasteiger partial charge in [0.05, 0.1) is 0 Å². The summed E-state index contributed by atoms with van der Waals surface area (Å²) in [6.45, 7) is 2.48. The van der Waals surface area contributed by atoms with E-state index in [0.717, 1.165) is 36.8 Å². The second kappa shape index (κ2) is 7.50. The molecular weight excluding hydrogens is 342 g/mol. The standard InChI is InChI=1S/C20H25N5O2/c1-2-18(25-11-14-5-3-4-6-17(14)20(25)27)19(26)23-15-7-9-16(10-8-15)24-12-21-22-13-24/h3-6,12-13,15-16,18H,2,7-11H2,1H3,(H,23,26). The first-order chi connectivity index (χ1) is 13.2. The molecule has 4 rings (SSSR count). The lowest BCUT2D eigenvalue weighted by Gasteiger charge is -2.32. The summed E-state index contributed by atoms with van der Waals surface area (Å²) in [4.78, 5) is 27.3. The summed E-state index contributed by atoms with van der Waals surface area (Å²) in [6, 6.07) is 7.77. The Hall–Kier alpha value is -2.70. The maximum atomic E-state index is 12.9. The van der Waals surface area contributed by atoms with Crippen LogP contribution in [0.5, 0.6) is 0 Å². The van der Waals surface area contributed by atoms with E-state index in [-0.39, 0.29) is 17.9 Å². The van der Waals surface area contributed by atoms with E-state index in [1.807, 2.05) is 35.8 Å². The Labute approximate surface area is 158 Å². The number of hydrogen-bond donors (Lipinski definition) is 1. The molecule has 142 valence electrons. The summed E-state index contributed by atoms with van der Waals surface area (Å²) in [5, 5.41) is 10.9. The predicted octanol–water partition coefficient (Wildman–Crippen LogP) is 2.31. The molecule has 1 fully saturated rings. The van der Waals surface area contributed by atoms with Crippen LogP contribution < -0.4 is 5.32 Å². The highest BCUT2D eigenvalue weighted by Crippen LogP contribution is 2.29. The van der Waals surface area contributed by atoms with Crippen molar-refractivity contribution in [1.82, 2.24) is 25.0 Å². The molecular formula is C20H25N5O2. The molecule has 1 N–H and O–H groups in total. The lowest BCUT2D eigenvalue weighted by Crippen LogP contribution is -2.50. The van der Waals surface area contributed by atoms with E-state index in [4.69, 9.17) is 0 Å². The molecule has 2 aromatic rings. The van der Waals surface area contributed by atoms with Crippen molar-refractivity contribution in [3.05, 3.63) is 48.0 Å². The molecule has 1 saturated carbocycles. The largest absolute Gasteiger partial charge is 0.352 e. The molecule has 2 aliphatic rings. The average Bonchev–Trinajstić information content (AvgIpc) is 3.33. The fraction of sp³-hybridized carbons (Fsp3) is 0.500. The van der Waals surface area contributed by atoms with Crippen molar-refractivity contribution in [2.75, 3.05) is 0 Å². The summed E-state index contributed by atoms with van der Waals surface area (Å²) < 4.78 is 2.05. The maximum absolute atomic E-state index is 12.9. The molecule has 2 amide bonds. The highest BCUT2D eigenvalue weighted by atomic mass is 16.2. The number of carbonyl (C=O) groups excluding carboxylic acids is 2. The van der Waals surface area contributed by atoms with Crippen LogP contribution in [0.2, 0.25) is 0 Å². The van der Waals surface area contributed by atoms with E-state index in [9.17, 15) is 9.59 Å². The molecule has 1 aliphatic carbocycles. The summed E-state index contributed by atoms with van der Waals surface area (Å²) in [5.41, 5.74) is 1.72. The van der Waals surface area contributed by atoms with Crippen molar-refractivity contribution >= 4 is 11.8 Å². The van der Waals surface area contributed by atoms with Crippen LogP contribution in [0.1, 0.15) is 61.0 Å². The third-order valence-electron chi connectivity index (χ3n) is 5.82. The van der Waals surface area contributed by atoms with Crippen molar-refractivity contribution in [2.24, 2.45) is 0 Å². The second-order valence-corrected chi connectivity index (χ2v) is 7.44. The van der Waals surface area contributed by atoms with Gasteiger partial charge in [-0.25, -0.2) is 0 Å². The second-order valence-electron chi connectivity index (χ2n) is 7.44. The molecule has 0 spiro atoms. The molecule has 7 nitrogen and oxygen atoms in total. The summed E-state index contributed by atoms with van der Waals surface area (Å²) in [6.07, 6.45) is 7.97. The number of benzene rings is 1. The van der Waals surface area contributed by atoms with Gasteiger partial charge in [-0.3, -0.25) is 9.59 Å². The van der Waals surface area contributed by atoms with Crippen molar-refractivity contribution in [2.45, 2.75) is 63.7 Å². The number of hydrogen-bond acceptors (Lipinski definition) is 4. The molecule has 2 heterocycles. The lowest BCUT2D eigenvalue weighted by molar-refractivity contribution is -0.126. The van der Waals surface area contributed by atoms with Crippen LogP contribution in [0.4, 0.5) is 0 Å². The zero-order chi connectivity index (χ0) is 18.8. The normalized spacial score (nSPS) is 23.1. The van der Waals surface area contributed by atoms with Crippen LogP contribution in [0.25, 0.3) is 0 Å². The maximum Gasteiger partial charge on any atom is 0.255 e. The fourth-order valence-corrected chi connectivity index (χ4v) is 4.29. The molecule has 7 heteroatoms. The van der Waals surface area contributed by atoms with Crippen molar-refractivity contribution in [3.8, 4) is 0 Å². The van der Waals surface area contributed by atoms with E-state index in [1.54, 1.807) is 17.6 Å². The molecule has 1 atom stereocenters. The molecule has 1 aromatic heterocycles. The Bertz CT molecular complexity index is 812. The first-order valence-electron chi connectivity index (χ1n) is 9.70. The number of carbonyl (C=O) groups is 2. The fourth-order valence-electron chi connectivity index (χ4n) is 4.29. The van der Waals surface area contributed by atoms with E-state index < -0.39 is 6.04 Å². The van der Waals surface area contributed by atoms with Gasteiger partial charge in [-0.05, 0) is 43.7 Å². The Morgan fingerprint density at radius 1 is 1.19 bits per heavy atom. The van der Waals surface area contributed by atoms with E-state index in [1.165, 1.54) is 0 Å². The number of rotatable bonds is 5. The molecule has 1 unspecified atom stereocenters. The topological polar surface area (TPSA) is 80.1 Å². The third-order valence-corrected chi connectivity index (χ3v) is 5.82. The van der Waals surface area contributed by atoms with Gasteiger partial charge in [0, 0.05) is 24.2 Å². The number of nitrogens with one attached hydrogen (secondary N) is 1. The first kappa shape index (κ1) is 17.7. The summed E-state index contributed by atoms with van der Waals surface area (Å²) in [5.74, 6) is -0.0738. The van der Waals surface area contributed by atoms with Crippen LogP contribution in [0.3, 0.4) is 0 Å². The molecule has 0 bridgehead atoms. The Morgan fingerprint density at radius 3 is 2.56 bits per heavy atom. The quantitative estimate of drug-likeness (QED) is 0.879. The van der Waals surface area contributed by atoms with E-state index in [2.05, 4.69) is 15.5 Å². The van der Waals surface area contributed by atoms with Crippen LogP contribution in [0.15, 0.2) is 36.9 Å². The zero-order valence-electron chi connectivity index (χ0n) is 15.5. The molecule has 27 heavy (non-hydrogen) atoms. The lowest BCUT2D eigenvalue weighted by atomic mass is 9.91. The third kappa shape index (κ3) is 3.46. The predicted molar refractivity (Wildman–Crippen MR) is 99.9 cm³/mol. The average molecular weight is 367 g/mol.